The summed E-state index contributed by atoms with van der Waals surface area (Å²) in [6.07, 6.45) is 1.87. The lowest BCUT2D eigenvalue weighted by molar-refractivity contribution is 1.08. The first-order valence-corrected chi connectivity index (χ1v) is 16.7. The van der Waals surface area contributed by atoms with Gasteiger partial charge in [0.25, 0.3) is 0 Å². The SMILES string of the molecule is c1ccc(-c2nc(-c3ccc4ccccc4c3)nc(-c3ccc4c(c3)sc3c(-n5c6ccccc6c6cccnc65)cccc34)n2)cc1. The van der Waals surface area contributed by atoms with Crippen LogP contribution in [-0.2, 0) is 0 Å². The summed E-state index contributed by atoms with van der Waals surface area (Å²) < 4.78 is 4.70. The molecule has 10 aromatic rings. The lowest BCUT2D eigenvalue weighted by Crippen LogP contribution is -2.00. The summed E-state index contributed by atoms with van der Waals surface area (Å²) in [4.78, 5) is 19.9. The third kappa shape index (κ3) is 4.24. The zero-order valence-corrected chi connectivity index (χ0v) is 26.4. The highest BCUT2D eigenvalue weighted by Gasteiger charge is 2.18. The maximum atomic E-state index is 5.06. The van der Waals surface area contributed by atoms with E-state index in [1.807, 2.05) is 42.6 Å². The fourth-order valence-corrected chi connectivity index (χ4v) is 8.06. The maximum absolute atomic E-state index is 5.06. The molecular weight excluding hydrogens is 607 g/mol. The summed E-state index contributed by atoms with van der Waals surface area (Å²) in [5, 5.41) is 7.12. The lowest BCUT2D eigenvalue weighted by atomic mass is 10.1. The molecule has 0 saturated carbocycles. The molecule has 0 unspecified atom stereocenters. The van der Waals surface area contributed by atoms with Gasteiger partial charge in [-0.05, 0) is 47.2 Å². The number of nitrogens with zero attached hydrogens (tertiary/aromatic N) is 5. The van der Waals surface area contributed by atoms with E-state index in [-0.39, 0.29) is 0 Å². The van der Waals surface area contributed by atoms with Gasteiger partial charge in [0.15, 0.2) is 17.5 Å². The number of benzene rings is 6. The van der Waals surface area contributed by atoms with Crippen LogP contribution in [0.5, 0.6) is 0 Å². The van der Waals surface area contributed by atoms with Gasteiger partial charge in [-0.1, -0.05) is 109 Å². The van der Waals surface area contributed by atoms with Crippen LogP contribution in [0.2, 0.25) is 0 Å². The Morgan fingerprint density at radius 1 is 0.458 bits per heavy atom. The van der Waals surface area contributed by atoms with E-state index < -0.39 is 0 Å². The minimum Gasteiger partial charge on any atom is -0.292 e. The Bertz CT molecular complexity index is 2800. The Balaban J connectivity index is 1.16. The molecule has 0 atom stereocenters. The Morgan fingerprint density at radius 3 is 2.02 bits per heavy atom. The van der Waals surface area contributed by atoms with Gasteiger partial charge in [0.2, 0.25) is 0 Å². The van der Waals surface area contributed by atoms with Crippen LogP contribution in [0.3, 0.4) is 0 Å². The first kappa shape index (κ1) is 26.9. The van der Waals surface area contributed by atoms with Gasteiger partial charge in [-0.3, -0.25) is 4.57 Å². The fourth-order valence-electron chi connectivity index (χ4n) is 6.82. The van der Waals surface area contributed by atoms with Gasteiger partial charge < -0.3 is 0 Å². The van der Waals surface area contributed by atoms with Crippen molar-refractivity contribution in [2.24, 2.45) is 0 Å². The van der Waals surface area contributed by atoms with Crippen LogP contribution in [0.15, 0.2) is 152 Å². The van der Waals surface area contributed by atoms with Gasteiger partial charge in [-0.25, -0.2) is 19.9 Å². The number of hydrogen-bond donors (Lipinski definition) is 0. The second-order valence-corrected chi connectivity index (χ2v) is 13.0. The Labute approximate surface area is 279 Å². The predicted octanol–water partition coefficient (Wildman–Crippen LogP) is 10.9. The molecule has 0 fully saturated rings. The highest BCUT2D eigenvalue weighted by atomic mass is 32.1. The summed E-state index contributed by atoms with van der Waals surface area (Å²) in [5.74, 6) is 1.96. The van der Waals surface area contributed by atoms with E-state index in [4.69, 9.17) is 19.9 Å². The van der Waals surface area contributed by atoms with Gasteiger partial charge in [0.1, 0.15) is 5.65 Å². The molecule has 6 aromatic carbocycles. The van der Waals surface area contributed by atoms with E-state index in [9.17, 15) is 0 Å². The van der Waals surface area contributed by atoms with Crippen LogP contribution >= 0.6 is 11.3 Å². The number of rotatable bonds is 4. The number of para-hydroxylation sites is 1. The number of hydrogen-bond acceptors (Lipinski definition) is 5. The Hall–Kier alpha value is -6.24. The van der Waals surface area contributed by atoms with Gasteiger partial charge in [-0.15, -0.1) is 11.3 Å². The molecule has 0 aliphatic carbocycles. The highest BCUT2D eigenvalue weighted by molar-refractivity contribution is 7.26. The van der Waals surface area contributed by atoms with E-state index in [2.05, 4.69) is 114 Å². The van der Waals surface area contributed by atoms with E-state index in [0.717, 1.165) is 44.3 Å². The summed E-state index contributed by atoms with van der Waals surface area (Å²) in [7, 11) is 0. The first-order valence-electron chi connectivity index (χ1n) is 15.9. The van der Waals surface area contributed by atoms with Crippen molar-refractivity contribution in [3.63, 3.8) is 0 Å². The number of aromatic nitrogens is 5. The zero-order chi connectivity index (χ0) is 31.6. The van der Waals surface area contributed by atoms with E-state index >= 15 is 0 Å². The topological polar surface area (TPSA) is 56.5 Å². The second-order valence-electron chi connectivity index (χ2n) is 11.9. The molecule has 0 saturated heterocycles. The van der Waals surface area contributed by atoms with Gasteiger partial charge in [0.05, 0.1) is 15.9 Å². The standard InChI is InChI=1S/C42H25N5S/c1-2-11-27(12-3-1)39-44-40(29-20-19-26-10-4-5-13-28(26)24-29)46-41(45-39)30-21-22-32-33-15-8-18-36(38(33)48-37(32)25-30)47-35-17-7-6-14-31(35)34-16-9-23-43-42(34)47/h1-25H. The molecule has 0 aliphatic rings. The number of thiophene rings is 1. The quantitative estimate of drug-likeness (QED) is 0.194. The van der Waals surface area contributed by atoms with Crippen molar-refractivity contribution in [3.05, 3.63) is 152 Å². The smallest absolute Gasteiger partial charge is 0.164 e. The first-order chi connectivity index (χ1) is 23.8. The lowest BCUT2D eigenvalue weighted by Gasteiger charge is -2.09. The minimum absolute atomic E-state index is 0.651. The predicted molar refractivity (Wildman–Crippen MR) is 199 cm³/mol. The second kappa shape index (κ2) is 10.7. The van der Waals surface area contributed by atoms with Gasteiger partial charge >= 0.3 is 0 Å². The fraction of sp³-hybridized carbons (Fsp3) is 0. The van der Waals surface area contributed by atoms with Gasteiger partial charge in [-0.2, -0.15) is 0 Å². The largest absolute Gasteiger partial charge is 0.292 e. The molecule has 6 heteroatoms. The van der Waals surface area contributed by atoms with E-state index in [0.29, 0.717) is 17.5 Å². The Kier molecular flexibility index (Phi) is 5.98. The van der Waals surface area contributed by atoms with E-state index in [1.54, 1.807) is 11.3 Å². The van der Waals surface area contributed by atoms with Crippen molar-refractivity contribution >= 4 is 64.2 Å². The molecule has 0 radical (unpaired) electrons. The van der Waals surface area contributed by atoms with Crippen LogP contribution in [-0.4, -0.2) is 24.5 Å². The summed E-state index contributed by atoms with van der Waals surface area (Å²) >= 11 is 1.80. The molecule has 0 amide bonds. The van der Waals surface area contributed by atoms with Crippen LogP contribution in [0, 0.1) is 0 Å². The third-order valence-electron chi connectivity index (χ3n) is 9.09. The normalized spacial score (nSPS) is 11.8. The van der Waals surface area contributed by atoms with E-state index in [1.165, 1.54) is 30.9 Å². The summed E-state index contributed by atoms with van der Waals surface area (Å²) in [5.41, 5.74) is 6.11. The zero-order valence-electron chi connectivity index (χ0n) is 25.6. The number of pyridine rings is 1. The molecule has 0 aliphatic heterocycles. The van der Waals surface area contributed by atoms with Crippen LogP contribution in [0.25, 0.3) is 92.7 Å². The van der Waals surface area contributed by atoms with Gasteiger partial charge in [0, 0.05) is 49.1 Å². The van der Waals surface area contributed by atoms with Crippen molar-refractivity contribution in [2.75, 3.05) is 0 Å². The summed E-state index contributed by atoms with van der Waals surface area (Å²) in [6.45, 7) is 0. The maximum Gasteiger partial charge on any atom is 0.164 e. The molecule has 10 rings (SSSR count). The third-order valence-corrected chi connectivity index (χ3v) is 10.3. The number of fused-ring (bicyclic) bond motifs is 7. The average Bonchev–Trinajstić information content (AvgIpc) is 3.70. The average molecular weight is 632 g/mol. The van der Waals surface area contributed by atoms with Crippen molar-refractivity contribution in [1.82, 2.24) is 24.5 Å². The highest BCUT2D eigenvalue weighted by Crippen LogP contribution is 2.41. The molecule has 0 bridgehead atoms. The molecule has 4 heterocycles. The van der Waals surface area contributed by atoms with Crippen molar-refractivity contribution in [3.8, 4) is 39.9 Å². The van der Waals surface area contributed by atoms with Crippen molar-refractivity contribution in [2.45, 2.75) is 0 Å². The molecule has 0 N–H and O–H groups in total. The monoisotopic (exact) mass is 631 g/mol. The minimum atomic E-state index is 0.651. The molecule has 224 valence electrons. The van der Waals surface area contributed by atoms with Crippen molar-refractivity contribution in [1.29, 1.82) is 0 Å². The van der Waals surface area contributed by atoms with Crippen LogP contribution < -0.4 is 0 Å². The Morgan fingerprint density at radius 2 is 1.15 bits per heavy atom. The van der Waals surface area contributed by atoms with Crippen molar-refractivity contribution < 1.29 is 0 Å². The molecule has 48 heavy (non-hydrogen) atoms. The molecular formula is C42H25N5S. The molecule has 0 spiro atoms. The molecule has 4 aromatic heterocycles. The van der Waals surface area contributed by atoms with Crippen LogP contribution in [0.1, 0.15) is 0 Å². The van der Waals surface area contributed by atoms with Crippen LogP contribution in [0.4, 0.5) is 0 Å². The summed E-state index contributed by atoms with van der Waals surface area (Å²) in [6, 6.07) is 50.7. The molecule has 5 nitrogen and oxygen atoms in total.